The molecule has 4 N–H and O–H groups in total. The number of benzene rings is 1. The first-order valence-electron chi connectivity index (χ1n) is 6.26. The predicted molar refractivity (Wildman–Crippen MR) is 76.9 cm³/mol. The average molecular weight is 263 g/mol. The molecule has 0 aliphatic carbocycles. The maximum Gasteiger partial charge on any atom is 0.241 e. The molecule has 5 heteroatoms. The molecule has 1 aromatic rings. The van der Waals surface area contributed by atoms with E-state index >= 15 is 0 Å². The summed E-state index contributed by atoms with van der Waals surface area (Å²) in [6, 6.07) is 4.79. The summed E-state index contributed by atoms with van der Waals surface area (Å²) in [7, 11) is 0. The molecular weight excluding hydrogens is 242 g/mol. The third-order valence-electron chi connectivity index (χ3n) is 2.92. The minimum absolute atomic E-state index is 0.0684. The quantitative estimate of drug-likeness (QED) is 0.775. The van der Waals surface area contributed by atoms with Crippen LogP contribution in [0, 0.1) is 12.8 Å². The second-order valence-electron chi connectivity index (χ2n) is 4.92. The largest absolute Gasteiger partial charge is 0.326 e. The predicted octanol–water partition coefficient (Wildman–Crippen LogP) is 1.88. The highest BCUT2D eigenvalue weighted by molar-refractivity contribution is 5.97. The molecule has 104 valence electrons. The zero-order valence-electron chi connectivity index (χ0n) is 11.8. The van der Waals surface area contributed by atoms with Crippen molar-refractivity contribution < 1.29 is 9.59 Å². The van der Waals surface area contributed by atoms with Crippen molar-refractivity contribution in [3.05, 3.63) is 23.8 Å². The van der Waals surface area contributed by atoms with Crippen molar-refractivity contribution in [3.8, 4) is 0 Å². The fourth-order valence-corrected chi connectivity index (χ4v) is 1.61. The molecule has 19 heavy (non-hydrogen) atoms. The lowest BCUT2D eigenvalue weighted by molar-refractivity contribution is -0.118. The molecule has 0 saturated carbocycles. The second kappa shape index (κ2) is 6.33. The van der Waals surface area contributed by atoms with Crippen LogP contribution in [0.1, 0.15) is 26.3 Å². The average Bonchev–Trinajstić information content (AvgIpc) is 2.32. The van der Waals surface area contributed by atoms with E-state index in [1.54, 1.807) is 18.2 Å². The highest BCUT2D eigenvalue weighted by Gasteiger charge is 2.18. The molecule has 0 spiro atoms. The Morgan fingerprint density at radius 3 is 2.16 bits per heavy atom. The molecular formula is C14H21N3O2. The van der Waals surface area contributed by atoms with Crippen molar-refractivity contribution in [2.24, 2.45) is 11.7 Å². The van der Waals surface area contributed by atoms with Crippen LogP contribution in [0.3, 0.4) is 0 Å². The summed E-state index contributed by atoms with van der Waals surface area (Å²) in [6.07, 6.45) is 0. The minimum atomic E-state index is -0.552. The number of carbonyl (C=O) groups is 2. The number of hydrogen-bond donors (Lipinski definition) is 3. The van der Waals surface area contributed by atoms with Crippen molar-refractivity contribution in [1.82, 2.24) is 0 Å². The first-order valence-corrected chi connectivity index (χ1v) is 6.26. The Bertz CT molecular complexity index is 484. The van der Waals surface area contributed by atoms with Gasteiger partial charge in [0.1, 0.15) is 0 Å². The number of amides is 2. The van der Waals surface area contributed by atoms with Gasteiger partial charge < -0.3 is 16.4 Å². The second-order valence-corrected chi connectivity index (χ2v) is 4.92. The molecule has 1 aromatic carbocycles. The van der Waals surface area contributed by atoms with Crippen LogP contribution in [0.2, 0.25) is 0 Å². The van der Waals surface area contributed by atoms with Crippen molar-refractivity contribution in [2.75, 3.05) is 10.6 Å². The molecule has 2 amide bonds. The van der Waals surface area contributed by atoms with E-state index in [1.165, 1.54) is 6.92 Å². The van der Waals surface area contributed by atoms with E-state index in [0.717, 1.165) is 5.56 Å². The Morgan fingerprint density at radius 1 is 1.16 bits per heavy atom. The van der Waals surface area contributed by atoms with Gasteiger partial charge in [-0.2, -0.15) is 0 Å². The van der Waals surface area contributed by atoms with Crippen LogP contribution < -0.4 is 16.4 Å². The zero-order chi connectivity index (χ0) is 14.6. The molecule has 0 bridgehead atoms. The molecule has 0 radical (unpaired) electrons. The number of hydrogen-bond acceptors (Lipinski definition) is 3. The third-order valence-corrected chi connectivity index (χ3v) is 2.92. The highest BCUT2D eigenvalue weighted by Crippen LogP contribution is 2.23. The monoisotopic (exact) mass is 263 g/mol. The lowest BCUT2D eigenvalue weighted by Gasteiger charge is -2.17. The van der Waals surface area contributed by atoms with Crippen LogP contribution in [0.4, 0.5) is 11.4 Å². The van der Waals surface area contributed by atoms with E-state index in [2.05, 4.69) is 10.6 Å². The molecule has 0 aliphatic rings. The van der Waals surface area contributed by atoms with Crippen molar-refractivity contribution >= 4 is 23.2 Å². The van der Waals surface area contributed by atoms with E-state index < -0.39 is 6.04 Å². The van der Waals surface area contributed by atoms with Gasteiger partial charge in [0.25, 0.3) is 0 Å². The van der Waals surface area contributed by atoms with Crippen LogP contribution in [-0.4, -0.2) is 17.9 Å². The third kappa shape index (κ3) is 4.06. The van der Waals surface area contributed by atoms with Gasteiger partial charge >= 0.3 is 0 Å². The summed E-state index contributed by atoms with van der Waals surface area (Å²) in [4.78, 5) is 23.0. The molecule has 0 aliphatic heterocycles. The van der Waals surface area contributed by atoms with E-state index in [0.29, 0.717) is 11.4 Å². The topological polar surface area (TPSA) is 84.2 Å². The summed E-state index contributed by atoms with van der Waals surface area (Å²) in [5, 5.41) is 5.51. The van der Waals surface area contributed by atoms with Gasteiger partial charge in [0.2, 0.25) is 11.8 Å². The molecule has 1 atom stereocenters. The molecule has 0 aromatic heterocycles. The summed E-state index contributed by atoms with van der Waals surface area (Å²) in [6.45, 7) is 7.07. The van der Waals surface area contributed by atoms with Gasteiger partial charge in [0.05, 0.1) is 6.04 Å². The summed E-state index contributed by atoms with van der Waals surface area (Å²) >= 11 is 0. The number of carbonyl (C=O) groups excluding carboxylic acids is 2. The van der Waals surface area contributed by atoms with Crippen LogP contribution in [0.25, 0.3) is 0 Å². The minimum Gasteiger partial charge on any atom is -0.326 e. The van der Waals surface area contributed by atoms with Gasteiger partial charge in [-0.1, -0.05) is 19.9 Å². The summed E-state index contributed by atoms with van der Waals surface area (Å²) in [5.41, 5.74) is 7.95. The van der Waals surface area contributed by atoms with Crippen molar-refractivity contribution in [1.29, 1.82) is 0 Å². The van der Waals surface area contributed by atoms with Crippen LogP contribution in [-0.2, 0) is 9.59 Å². The number of nitrogens with two attached hydrogens (primary N) is 1. The lowest BCUT2D eigenvalue weighted by atomic mass is 10.0. The Morgan fingerprint density at radius 2 is 1.68 bits per heavy atom. The van der Waals surface area contributed by atoms with Gasteiger partial charge in [-0.15, -0.1) is 0 Å². The van der Waals surface area contributed by atoms with Gasteiger partial charge in [-0.05, 0) is 30.5 Å². The standard InChI is InChI=1S/C14H21N3O2/c1-8(2)13(15)14(19)17-12-7-5-6-11(9(12)3)16-10(4)18/h5-8,13H,15H2,1-4H3,(H,16,18)(H,17,19)/t13-/m0/s1. The van der Waals surface area contributed by atoms with Gasteiger partial charge in [-0.3, -0.25) is 9.59 Å². The number of rotatable bonds is 4. The number of anilines is 2. The van der Waals surface area contributed by atoms with Gasteiger partial charge in [0, 0.05) is 18.3 Å². The van der Waals surface area contributed by atoms with Gasteiger partial charge in [-0.25, -0.2) is 0 Å². The normalized spacial score (nSPS) is 12.1. The summed E-state index contributed by atoms with van der Waals surface area (Å²) in [5.74, 6) is -0.303. The lowest BCUT2D eigenvalue weighted by Crippen LogP contribution is -2.39. The Balaban J connectivity index is 2.90. The molecule has 5 nitrogen and oxygen atoms in total. The van der Waals surface area contributed by atoms with E-state index in [1.807, 2.05) is 20.8 Å². The van der Waals surface area contributed by atoms with Crippen molar-refractivity contribution in [2.45, 2.75) is 33.7 Å². The van der Waals surface area contributed by atoms with Crippen LogP contribution in [0.5, 0.6) is 0 Å². The Labute approximate surface area is 113 Å². The summed E-state index contributed by atoms with van der Waals surface area (Å²) < 4.78 is 0. The fraction of sp³-hybridized carbons (Fsp3) is 0.429. The fourth-order valence-electron chi connectivity index (χ4n) is 1.61. The maximum atomic E-state index is 11.9. The van der Waals surface area contributed by atoms with Crippen LogP contribution >= 0.6 is 0 Å². The molecule has 0 saturated heterocycles. The SMILES string of the molecule is CC(=O)Nc1cccc(NC(=O)[C@@H](N)C(C)C)c1C. The maximum absolute atomic E-state index is 11.9. The molecule has 1 rings (SSSR count). The molecule has 0 heterocycles. The van der Waals surface area contributed by atoms with Crippen molar-refractivity contribution in [3.63, 3.8) is 0 Å². The molecule has 0 unspecified atom stereocenters. The first kappa shape index (κ1) is 15.2. The Kier molecular flexibility index (Phi) is 5.06. The zero-order valence-corrected chi connectivity index (χ0v) is 11.8. The number of nitrogens with one attached hydrogen (secondary N) is 2. The van der Waals surface area contributed by atoms with Gasteiger partial charge in [0.15, 0.2) is 0 Å². The highest BCUT2D eigenvalue weighted by atomic mass is 16.2. The smallest absolute Gasteiger partial charge is 0.241 e. The molecule has 0 fully saturated rings. The van der Waals surface area contributed by atoms with E-state index in [9.17, 15) is 9.59 Å². The van der Waals surface area contributed by atoms with Crippen LogP contribution in [0.15, 0.2) is 18.2 Å². The first-order chi connectivity index (χ1) is 8.82. The van der Waals surface area contributed by atoms with E-state index in [4.69, 9.17) is 5.73 Å². The Hall–Kier alpha value is -1.88. The van der Waals surface area contributed by atoms with E-state index in [-0.39, 0.29) is 17.7 Å².